The summed E-state index contributed by atoms with van der Waals surface area (Å²) in [7, 11) is 3.75. The number of nitrogen functional groups attached to an aromatic ring is 1. The second-order valence-corrected chi connectivity index (χ2v) is 4.15. The number of nitrogens with two attached hydrogens (primary N) is 1. The predicted octanol–water partition coefficient (Wildman–Crippen LogP) is 0.423. The zero-order valence-electron chi connectivity index (χ0n) is 8.58. The molecule has 2 heterocycles. The number of rotatable bonds is 3. The minimum Gasteiger partial charge on any atom is -0.368 e. The Morgan fingerprint density at radius 2 is 2.20 bits per heavy atom. The quantitative estimate of drug-likeness (QED) is 0.765. The summed E-state index contributed by atoms with van der Waals surface area (Å²) in [5.74, 6) is 1.25. The van der Waals surface area contributed by atoms with Gasteiger partial charge in [0.25, 0.3) is 0 Å². The van der Waals surface area contributed by atoms with Gasteiger partial charge >= 0.3 is 0 Å². The topological polar surface area (TPSA) is 74.6 Å². The Hall–Kier alpha value is -1.50. The van der Waals surface area contributed by atoms with Gasteiger partial charge in [-0.2, -0.15) is 5.10 Å². The van der Waals surface area contributed by atoms with Gasteiger partial charge in [0.05, 0.1) is 6.20 Å². The number of anilines is 1. The lowest BCUT2D eigenvalue weighted by Crippen LogP contribution is -1.97. The number of aryl methyl sites for hydroxylation is 1. The molecule has 0 saturated heterocycles. The van der Waals surface area contributed by atoms with Crippen LogP contribution in [0.3, 0.4) is 0 Å². The van der Waals surface area contributed by atoms with E-state index in [4.69, 9.17) is 5.73 Å². The molecule has 7 heteroatoms. The summed E-state index contributed by atoms with van der Waals surface area (Å²) in [5.41, 5.74) is 6.73. The van der Waals surface area contributed by atoms with Crippen LogP contribution in [0.4, 0.5) is 5.95 Å². The Morgan fingerprint density at radius 3 is 2.73 bits per heavy atom. The van der Waals surface area contributed by atoms with Crippen molar-refractivity contribution in [1.29, 1.82) is 0 Å². The molecule has 0 unspecified atom stereocenters. The van der Waals surface area contributed by atoms with Gasteiger partial charge in [0.2, 0.25) is 5.95 Å². The molecule has 2 rings (SSSR count). The summed E-state index contributed by atoms with van der Waals surface area (Å²) in [6.45, 7) is 0. The fourth-order valence-corrected chi connectivity index (χ4v) is 1.98. The molecule has 0 saturated carbocycles. The molecule has 2 aromatic heterocycles. The van der Waals surface area contributed by atoms with Crippen molar-refractivity contribution >= 4 is 17.7 Å². The van der Waals surface area contributed by atoms with Gasteiger partial charge in [-0.15, -0.1) is 10.2 Å². The van der Waals surface area contributed by atoms with Gasteiger partial charge in [-0.25, -0.2) is 0 Å². The lowest BCUT2D eigenvalue weighted by atomic mass is 10.4. The van der Waals surface area contributed by atoms with Crippen molar-refractivity contribution in [2.24, 2.45) is 14.1 Å². The van der Waals surface area contributed by atoms with E-state index in [1.807, 2.05) is 26.5 Å². The lowest BCUT2D eigenvalue weighted by Gasteiger charge is -1.98. The summed E-state index contributed by atoms with van der Waals surface area (Å²) in [4.78, 5) is 0. The first-order valence-corrected chi connectivity index (χ1v) is 5.40. The molecule has 0 bridgehead atoms. The number of nitrogens with zero attached hydrogens (tertiary/aromatic N) is 5. The van der Waals surface area contributed by atoms with Crippen LogP contribution in [0.1, 0.15) is 5.56 Å². The third-order valence-corrected chi connectivity index (χ3v) is 3.09. The van der Waals surface area contributed by atoms with Gasteiger partial charge in [0.15, 0.2) is 5.16 Å². The predicted molar refractivity (Wildman–Crippen MR) is 58.2 cm³/mol. The van der Waals surface area contributed by atoms with Gasteiger partial charge in [0, 0.05) is 31.6 Å². The maximum atomic E-state index is 5.57. The molecule has 0 aromatic carbocycles. The SMILES string of the molecule is Cn1cc(CSc2nnc(N)n2C)cn1. The molecule has 80 valence electrons. The van der Waals surface area contributed by atoms with E-state index in [1.54, 1.807) is 21.0 Å². The summed E-state index contributed by atoms with van der Waals surface area (Å²) in [6.07, 6.45) is 3.82. The van der Waals surface area contributed by atoms with Crippen molar-refractivity contribution in [2.45, 2.75) is 10.9 Å². The third-order valence-electron chi connectivity index (χ3n) is 1.99. The molecule has 15 heavy (non-hydrogen) atoms. The summed E-state index contributed by atoms with van der Waals surface area (Å²) in [5, 5.41) is 12.7. The number of aromatic nitrogens is 5. The van der Waals surface area contributed by atoms with E-state index in [-0.39, 0.29) is 0 Å². The van der Waals surface area contributed by atoms with Crippen LogP contribution >= 0.6 is 11.8 Å². The Kier molecular flexibility index (Phi) is 2.63. The average Bonchev–Trinajstić information content (AvgIpc) is 2.74. The second-order valence-electron chi connectivity index (χ2n) is 3.21. The van der Waals surface area contributed by atoms with Gasteiger partial charge in [-0.1, -0.05) is 11.8 Å². The van der Waals surface area contributed by atoms with Gasteiger partial charge < -0.3 is 5.73 Å². The van der Waals surface area contributed by atoms with Crippen LogP contribution in [0, 0.1) is 0 Å². The maximum Gasteiger partial charge on any atom is 0.222 e. The van der Waals surface area contributed by atoms with Crippen LogP contribution < -0.4 is 5.73 Å². The summed E-state index contributed by atoms with van der Waals surface area (Å²) >= 11 is 1.59. The molecule has 0 aliphatic carbocycles. The van der Waals surface area contributed by atoms with Crippen LogP contribution in [0.5, 0.6) is 0 Å². The van der Waals surface area contributed by atoms with Gasteiger partial charge in [-0.3, -0.25) is 9.25 Å². The average molecular weight is 224 g/mol. The monoisotopic (exact) mass is 224 g/mol. The fourth-order valence-electron chi connectivity index (χ4n) is 1.15. The van der Waals surface area contributed by atoms with E-state index < -0.39 is 0 Å². The van der Waals surface area contributed by atoms with E-state index in [2.05, 4.69) is 15.3 Å². The molecular weight excluding hydrogens is 212 g/mol. The normalized spacial score (nSPS) is 10.8. The molecule has 0 spiro atoms. The minimum atomic E-state index is 0.434. The van der Waals surface area contributed by atoms with Crippen molar-refractivity contribution in [3.63, 3.8) is 0 Å². The first kappa shape index (κ1) is 10.0. The highest BCUT2D eigenvalue weighted by molar-refractivity contribution is 7.98. The van der Waals surface area contributed by atoms with Crippen molar-refractivity contribution < 1.29 is 0 Å². The lowest BCUT2D eigenvalue weighted by molar-refractivity contribution is 0.767. The number of thioether (sulfide) groups is 1. The first-order chi connectivity index (χ1) is 7.16. The smallest absolute Gasteiger partial charge is 0.222 e. The van der Waals surface area contributed by atoms with E-state index in [1.165, 1.54) is 0 Å². The van der Waals surface area contributed by atoms with Gasteiger partial charge in [-0.05, 0) is 0 Å². The number of hydrogen-bond acceptors (Lipinski definition) is 5. The van der Waals surface area contributed by atoms with Crippen molar-refractivity contribution in [3.05, 3.63) is 18.0 Å². The Bertz CT molecular complexity index is 459. The Balaban J connectivity index is 2.02. The zero-order chi connectivity index (χ0) is 10.8. The van der Waals surface area contributed by atoms with Crippen LogP contribution in [0.15, 0.2) is 17.6 Å². The summed E-state index contributed by atoms with van der Waals surface area (Å²) < 4.78 is 3.54. The van der Waals surface area contributed by atoms with E-state index in [0.29, 0.717) is 5.95 Å². The third kappa shape index (κ3) is 2.12. The summed E-state index contributed by atoms with van der Waals surface area (Å²) in [6, 6.07) is 0. The van der Waals surface area contributed by atoms with Crippen LogP contribution in [-0.4, -0.2) is 24.5 Å². The largest absolute Gasteiger partial charge is 0.368 e. The molecule has 0 amide bonds. The highest BCUT2D eigenvalue weighted by atomic mass is 32.2. The van der Waals surface area contributed by atoms with E-state index >= 15 is 0 Å². The van der Waals surface area contributed by atoms with Crippen molar-refractivity contribution in [3.8, 4) is 0 Å². The molecule has 0 atom stereocenters. The first-order valence-electron chi connectivity index (χ1n) is 4.42. The fraction of sp³-hybridized carbons (Fsp3) is 0.375. The molecule has 0 fully saturated rings. The highest BCUT2D eigenvalue weighted by Crippen LogP contribution is 2.20. The van der Waals surface area contributed by atoms with Crippen LogP contribution in [-0.2, 0) is 19.8 Å². The molecule has 2 N–H and O–H groups in total. The Labute approximate surface area is 91.5 Å². The molecule has 2 aromatic rings. The molecule has 0 radical (unpaired) electrons. The van der Waals surface area contributed by atoms with Crippen molar-refractivity contribution in [1.82, 2.24) is 24.5 Å². The zero-order valence-corrected chi connectivity index (χ0v) is 9.40. The van der Waals surface area contributed by atoms with E-state index in [0.717, 1.165) is 16.5 Å². The number of hydrogen-bond donors (Lipinski definition) is 1. The molecular formula is C8H12N6S. The minimum absolute atomic E-state index is 0.434. The van der Waals surface area contributed by atoms with Gasteiger partial charge in [0.1, 0.15) is 0 Å². The highest BCUT2D eigenvalue weighted by Gasteiger charge is 2.06. The Morgan fingerprint density at radius 1 is 1.40 bits per heavy atom. The molecule has 0 aliphatic rings. The van der Waals surface area contributed by atoms with E-state index in [9.17, 15) is 0 Å². The molecule has 0 aliphatic heterocycles. The molecule has 6 nitrogen and oxygen atoms in total. The van der Waals surface area contributed by atoms with Crippen LogP contribution in [0.2, 0.25) is 0 Å². The van der Waals surface area contributed by atoms with Crippen molar-refractivity contribution in [2.75, 3.05) is 5.73 Å². The maximum absolute atomic E-state index is 5.57. The standard InChI is InChI=1S/C8H12N6S/c1-13-4-6(3-10-13)5-15-8-12-11-7(9)14(8)2/h3-4H,5H2,1-2H3,(H2,9,11). The van der Waals surface area contributed by atoms with Crippen LogP contribution in [0.25, 0.3) is 0 Å². The second kappa shape index (κ2) is 3.93.